The maximum absolute atomic E-state index is 6.00. The molecule has 0 aliphatic carbocycles. The van der Waals surface area contributed by atoms with E-state index in [0.29, 0.717) is 6.73 Å². The minimum absolute atomic E-state index is 0. The van der Waals surface area contributed by atoms with Gasteiger partial charge in [-0.3, -0.25) is 0 Å². The molecule has 148 valence electrons. The second-order valence-electron chi connectivity index (χ2n) is 7.13. The topological polar surface area (TPSA) is 18.0 Å². The van der Waals surface area contributed by atoms with E-state index in [-0.39, 0.29) is 12.4 Å². The molecule has 1 aromatic carbocycles. The van der Waals surface area contributed by atoms with Crippen molar-refractivity contribution < 1.29 is 21.7 Å². The standard InChI is InChI=1S/C22H37N2O.ClH/c1-4-6-8-9-10-11-14-18-25-19-24-20(3)23(17-7-5-2)21-15-12-13-16-22(21)24;/h12-13,15-16H,4-11,14,17-19H2,1-3H3;1H/q+1;/p-1. The Labute approximate surface area is 166 Å². The highest BCUT2D eigenvalue weighted by atomic mass is 35.5. The Morgan fingerprint density at radius 1 is 0.885 bits per heavy atom. The number of para-hydroxylation sites is 2. The highest BCUT2D eigenvalue weighted by Crippen LogP contribution is 2.15. The minimum atomic E-state index is 0. The van der Waals surface area contributed by atoms with Gasteiger partial charge in [-0.1, -0.05) is 70.9 Å². The van der Waals surface area contributed by atoms with E-state index >= 15 is 0 Å². The fourth-order valence-corrected chi connectivity index (χ4v) is 3.49. The number of hydrogen-bond donors (Lipinski definition) is 0. The summed E-state index contributed by atoms with van der Waals surface area (Å²) in [5.41, 5.74) is 2.61. The lowest BCUT2D eigenvalue weighted by Gasteiger charge is -2.04. The molecule has 0 atom stereocenters. The molecular weight excluding hydrogens is 344 g/mol. The smallest absolute Gasteiger partial charge is 0.256 e. The summed E-state index contributed by atoms with van der Waals surface area (Å²) in [6.07, 6.45) is 11.8. The Hall–Kier alpha value is -1.06. The first kappa shape index (κ1) is 23.0. The van der Waals surface area contributed by atoms with Gasteiger partial charge in [0, 0.05) is 6.92 Å². The normalized spacial score (nSPS) is 11.0. The van der Waals surface area contributed by atoms with Crippen LogP contribution in [0.4, 0.5) is 0 Å². The minimum Gasteiger partial charge on any atom is -1.00 e. The number of imidazole rings is 1. The van der Waals surface area contributed by atoms with Crippen molar-refractivity contribution in [1.29, 1.82) is 0 Å². The Balaban J connectivity index is 0.00000338. The number of rotatable bonds is 13. The zero-order valence-electron chi connectivity index (χ0n) is 17.0. The van der Waals surface area contributed by atoms with E-state index < -0.39 is 0 Å². The second-order valence-corrected chi connectivity index (χ2v) is 7.13. The van der Waals surface area contributed by atoms with Crippen molar-refractivity contribution in [2.24, 2.45) is 0 Å². The molecule has 0 saturated heterocycles. The third-order valence-electron chi connectivity index (χ3n) is 5.09. The number of nitrogens with zero attached hydrogens (tertiary/aromatic N) is 2. The predicted molar refractivity (Wildman–Crippen MR) is 106 cm³/mol. The highest BCUT2D eigenvalue weighted by Gasteiger charge is 2.20. The average Bonchev–Trinajstić information content (AvgIpc) is 2.90. The summed E-state index contributed by atoms with van der Waals surface area (Å²) < 4.78 is 10.8. The van der Waals surface area contributed by atoms with Crippen LogP contribution in [0.5, 0.6) is 0 Å². The van der Waals surface area contributed by atoms with Gasteiger partial charge in [0.05, 0.1) is 13.2 Å². The van der Waals surface area contributed by atoms with Crippen molar-refractivity contribution in [1.82, 2.24) is 4.57 Å². The zero-order valence-corrected chi connectivity index (χ0v) is 17.7. The average molecular weight is 381 g/mol. The Morgan fingerprint density at radius 2 is 1.54 bits per heavy atom. The van der Waals surface area contributed by atoms with Crippen LogP contribution in [-0.2, 0) is 18.0 Å². The molecule has 0 unspecified atom stereocenters. The number of fused-ring (bicyclic) bond motifs is 1. The molecule has 0 bridgehead atoms. The molecule has 0 fully saturated rings. The molecule has 0 aliphatic heterocycles. The molecule has 26 heavy (non-hydrogen) atoms. The third kappa shape index (κ3) is 6.59. The molecule has 0 amide bonds. The van der Waals surface area contributed by atoms with Crippen LogP contribution in [0.15, 0.2) is 24.3 Å². The van der Waals surface area contributed by atoms with E-state index in [0.717, 1.165) is 13.2 Å². The van der Waals surface area contributed by atoms with Gasteiger partial charge in [-0.2, -0.15) is 0 Å². The van der Waals surface area contributed by atoms with E-state index in [9.17, 15) is 0 Å². The quantitative estimate of drug-likeness (QED) is 0.386. The van der Waals surface area contributed by atoms with Gasteiger partial charge in [0.1, 0.15) is 0 Å². The third-order valence-corrected chi connectivity index (χ3v) is 5.09. The van der Waals surface area contributed by atoms with Crippen molar-refractivity contribution in [2.75, 3.05) is 6.61 Å². The van der Waals surface area contributed by atoms with E-state index in [1.807, 2.05) is 0 Å². The van der Waals surface area contributed by atoms with Crippen molar-refractivity contribution >= 4 is 11.0 Å². The molecule has 0 saturated carbocycles. The van der Waals surface area contributed by atoms with Gasteiger partial charge in [-0.25, -0.2) is 9.13 Å². The number of aromatic nitrogens is 2. The molecule has 1 aromatic heterocycles. The molecule has 0 N–H and O–H groups in total. The van der Waals surface area contributed by atoms with E-state index in [1.54, 1.807) is 0 Å². The second kappa shape index (κ2) is 13.2. The van der Waals surface area contributed by atoms with Gasteiger partial charge in [-0.05, 0) is 25.0 Å². The number of benzene rings is 1. The highest BCUT2D eigenvalue weighted by molar-refractivity contribution is 5.72. The lowest BCUT2D eigenvalue weighted by Crippen LogP contribution is -3.00. The number of aryl methyl sites for hydroxylation is 1. The van der Waals surface area contributed by atoms with E-state index in [1.165, 1.54) is 74.6 Å². The van der Waals surface area contributed by atoms with E-state index in [4.69, 9.17) is 4.74 Å². The molecule has 2 aromatic rings. The van der Waals surface area contributed by atoms with Crippen LogP contribution in [0.25, 0.3) is 11.0 Å². The van der Waals surface area contributed by atoms with Gasteiger partial charge in [-0.15, -0.1) is 0 Å². The summed E-state index contributed by atoms with van der Waals surface area (Å²) in [4.78, 5) is 0. The van der Waals surface area contributed by atoms with Gasteiger partial charge in [0.25, 0.3) is 5.82 Å². The summed E-state index contributed by atoms with van der Waals surface area (Å²) in [5, 5.41) is 0. The van der Waals surface area contributed by atoms with Crippen LogP contribution in [0, 0.1) is 6.92 Å². The fourth-order valence-electron chi connectivity index (χ4n) is 3.49. The van der Waals surface area contributed by atoms with Crippen LogP contribution in [0.3, 0.4) is 0 Å². The first-order chi connectivity index (χ1) is 12.3. The zero-order chi connectivity index (χ0) is 17.9. The molecule has 4 heteroatoms. The molecule has 0 spiro atoms. The molecular formula is C22H37ClN2O. The summed E-state index contributed by atoms with van der Waals surface area (Å²) >= 11 is 0. The van der Waals surface area contributed by atoms with Crippen LogP contribution >= 0.6 is 0 Å². The SMILES string of the molecule is CCCCCCCCCOC[n+]1c(C)n(CCCC)c2ccccc21.[Cl-]. The predicted octanol–water partition coefficient (Wildman–Crippen LogP) is 2.77. The molecule has 2 rings (SSSR count). The van der Waals surface area contributed by atoms with Crippen LogP contribution in [0.2, 0.25) is 0 Å². The fraction of sp³-hybridized carbons (Fsp3) is 0.682. The first-order valence-electron chi connectivity index (χ1n) is 10.3. The largest absolute Gasteiger partial charge is 1.00 e. The number of hydrogen-bond acceptors (Lipinski definition) is 1. The first-order valence-corrected chi connectivity index (χ1v) is 10.3. The van der Waals surface area contributed by atoms with Crippen molar-refractivity contribution in [2.45, 2.75) is 91.8 Å². The summed E-state index contributed by atoms with van der Waals surface area (Å²) in [6.45, 7) is 9.36. The molecule has 0 radical (unpaired) electrons. The number of ether oxygens (including phenoxy) is 1. The van der Waals surface area contributed by atoms with Crippen molar-refractivity contribution in [3.8, 4) is 0 Å². The maximum atomic E-state index is 6.00. The van der Waals surface area contributed by atoms with Crippen molar-refractivity contribution in [3.05, 3.63) is 30.1 Å². The molecule has 0 aliphatic rings. The summed E-state index contributed by atoms with van der Waals surface area (Å²) in [7, 11) is 0. The summed E-state index contributed by atoms with van der Waals surface area (Å²) in [5.74, 6) is 1.30. The van der Waals surface area contributed by atoms with Gasteiger partial charge in [0.2, 0.25) is 0 Å². The summed E-state index contributed by atoms with van der Waals surface area (Å²) in [6, 6.07) is 8.69. The van der Waals surface area contributed by atoms with E-state index in [2.05, 4.69) is 54.2 Å². The monoisotopic (exact) mass is 380 g/mol. The molecule has 3 nitrogen and oxygen atoms in total. The Morgan fingerprint density at radius 3 is 2.27 bits per heavy atom. The van der Waals surface area contributed by atoms with Crippen LogP contribution < -0.4 is 17.0 Å². The van der Waals surface area contributed by atoms with Crippen LogP contribution in [-0.4, -0.2) is 11.2 Å². The lowest BCUT2D eigenvalue weighted by atomic mass is 10.1. The lowest BCUT2D eigenvalue weighted by molar-refractivity contribution is -0.715. The Bertz CT molecular complexity index is 624. The van der Waals surface area contributed by atoms with Gasteiger partial charge >= 0.3 is 0 Å². The van der Waals surface area contributed by atoms with Gasteiger partial charge < -0.3 is 17.1 Å². The Kier molecular flexibility index (Phi) is 11.6. The van der Waals surface area contributed by atoms with Crippen molar-refractivity contribution in [3.63, 3.8) is 0 Å². The maximum Gasteiger partial charge on any atom is 0.256 e. The molecule has 1 heterocycles. The van der Waals surface area contributed by atoms with Crippen LogP contribution in [0.1, 0.15) is 77.5 Å². The number of unbranched alkanes of at least 4 members (excludes halogenated alkanes) is 7. The number of halogens is 1. The van der Waals surface area contributed by atoms with Gasteiger partial charge in [0.15, 0.2) is 17.8 Å².